The maximum atomic E-state index is 13.0. The fourth-order valence-electron chi connectivity index (χ4n) is 2.45. The van der Waals surface area contributed by atoms with E-state index in [2.05, 4.69) is 22.6 Å². The van der Waals surface area contributed by atoms with E-state index in [0.29, 0.717) is 32.3 Å². The van der Waals surface area contributed by atoms with Gasteiger partial charge in [-0.2, -0.15) is 0 Å². The van der Waals surface area contributed by atoms with Crippen LogP contribution in [0.3, 0.4) is 0 Å². The molecule has 0 aliphatic carbocycles. The van der Waals surface area contributed by atoms with Crippen LogP contribution >= 0.6 is 45.8 Å². The van der Waals surface area contributed by atoms with Crippen LogP contribution in [0.25, 0.3) is 0 Å². The molecule has 0 N–H and O–H groups in total. The summed E-state index contributed by atoms with van der Waals surface area (Å²) < 4.78 is 0.720. The van der Waals surface area contributed by atoms with E-state index in [4.69, 9.17) is 23.2 Å². The molecule has 0 radical (unpaired) electrons. The highest BCUT2D eigenvalue weighted by Crippen LogP contribution is 2.24. The molecule has 0 atom stereocenters. The van der Waals surface area contributed by atoms with Crippen LogP contribution in [0.5, 0.6) is 0 Å². The van der Waals surface area contributed by atoms with Gasteiger partial charge in [0.2, 0.25) is 0 Å². The molecule has 0 aromatic heterocycles. The lowest BCUT2D eigenvalue weighted by atomic mass is 9.93. The molecule has 0 aliphatic rings. The molecule has 5 heteroatoms. The normalized spacial score (nSPS) is 10.5. The van der Waals surface area contributed by atoms with Crippen molar-refractivity contribution in [2.45, 2.75) is 0 Å². The van der Waals surface area contributed by atoms with E-state index < -0.39 is 0 Å². The van der Waals surface area contributed by atoms with Gasteiger partial charge in [-0.05, 0) is 77.2 Å². The predicted molar refractivity (Wildman–Crippen MR) is 109 cm³/mol. The molecule has 2 nitrogen and oxygen atoms in total. The third kappa shape index (κ3) is 3.94. The van der Waals surface area contributed by atoms with Crippen LogP contribution in [-0.2, 0) is 0 Å². The first-order valence-electron chi connectivity index (χ1n) is 7.36. The van der Waals surface area contributed by atoms with Crippen molar-refractivity contribution < 1.29 is 9.59 Å². The van der Waals surface area contributed by atoms with Gasteiger partial charge in [-0.15, -0.1) is 0 Å². The molecular weight excluding hydrogens is 470 g/mol. The van der Waals surface area contributed by atoms with Crippen molar-refractivity contribution in [3.05, 3.63) is 103 Å². The van der Waals surface area contributed by atoms with Crippen LogP contribution in [-0.4, -0.2) is 11.6 Å². The number of hydrogen-bond donors (Lipinski definition) is 0. The zero-order valence-corrected chi connectivity index (χ0v) is 16.5. The van der Waals surface area contributed by atoms with Gasteiger partial charge in [0.05, 0.1) is 0 Å². The molecule has 0 bridgehead atoms. The molecule has 0 heterocycles. The highest BCUT2D eigenvalue weighted by Gasteiger charge is 2.22. The second kappa shape index (κ2) is 7.68. The fraction of sp³-hybridized carbons (Fsp3) is 0. The van der Waals surface area contributed by atoms with Crippen molar-refractivity contribution in [1.29, 1.82) is 0 Å². The molecule has 0 unspecified atom stereocenters. The highest BCUT2D eigenvalue weighted by atomic mass is 127. The molecular formula is C20H11Cl2IO2. The Kier molecular flexibility index (Phi) is 5.57. The molecule has 25 heavy (non-hydrogen) atoms. The topological polar surface area (TPSA) is 34.1 Å². The van der Waals surface area contributed by atoms with E-state index in [-0.39, 0.29) is 11.6 Å². The number of ketones is 2. The van der Waals surface area contributed by atoms with Gasteiger partial charge < -0.3 is 0 Å². The lowest BCUT2D eigenvalue weighted by Crippen LogP contribution is -2.13. The summed E-state index contributed by atoms with van der Waals surface area (Å²) in [6.07, 6.45) is 0. The van der Waals surface area contributed by atoms with Crippen molar-refractivity contribution >= 4 is 57.4 Å². The molecule has 0 aliphatic heterocycles. The molecule has 0 fully saturated rings. The summed E-state index contributed by atoms with van der Waals surface area (Å²) in [6.45, 7) is 0. The van der Waals surface area contributed by atoms with Crippen LogP contribution in [0.15, 0.2) is 66.7 Å². The second-order valence-corrected chi connectivity index (χ2v) is 7.37. The van der Waals surface area contributed by atoms with Crippen LogP contribution in [0.2, 0.25) is 10.0 Å². The molecule has 0 spiro atoms. The molecule has 0 saturated carbocycles. The maximum absolute atomic E-state index is 13.0. The molecule has 0 amide bonds. The molecule has 3 aromatic carbocycles. The molecule has 3 rings (SSSR count). The van der Waals surface area contributed by atoms with Crippen LogP contribution in [0.1, 0.15) is 31.8 Å². The third-order valence-corrected chi connectivity index (χ3v) is 5.10. The summed E-state index contributed by atoms with van der Waals surface area (Å²) in [6, 6.07) is 18.5. The monoisotopic (exact) mass is 480 g/mol. The van der Waals surface area contributed by atoms with Gasteiger partial charge in [-0.25, -0.2) is 0 Å². The first-order valence-corrected chi connectivity index (χ1v) is 9.20. The van der Waals surface area contributed by atoms with Crippen molar-refractivity contribution in [3.63, 3.8) is 0 Å². The summed E-state index contributed by atoms with van der Waals surface area (Å²) in [5.74, 6) is -0.425. The number of carbonyl (C=O) groups is 2. The van der Waals surface area contributed by atoms with Gasteiger partial charge in [0.1, 0.15) is 0 Å². The van der Waals surface area contributed by atoms with Gasteiger partial charge in [0.15, 0.2) is 11.6 Å². The Morgan fingerprint density at radius 3 is 1.68 bits per heavy atom. The van der Waals surface area contributed by atoms with E-state index >= 15 is 0 Å². The first kappa shape index (κ1) is 18.1. The van der Waals surface area contributed by atoms with Crippen molar-refractivity contribution in [3.8, 4) is 0 Å². The Labute approximate surface area is 168 Å². The van der Waals surface area contributed by atoms with Gasteiger partial charge in [0, 0.05) is 35.9 Å². The number of benzene rings is 3. The van der Waals surface area contributed by atoms with E-state index in [1.54, 1.807) is 60.7 Å². The number of carbonyl (C=O) groups excluding carboxylic acids is 2. The molecule has 124 valence electrons. The SMILES string of the molecule is O=C(c1ccc(Cl)cc1)c1cccc(I)c1C(=O)c1ccc(Cl)cc1. The summed E-state index contributed by atoms with van der Waals surface area (Å²) in [4.78, 5) is 25.9. The summed E-state index contributed by atoms with van der Waals surface area (Å²) >= 11 is 13.8. The largest absolute Gasteiger partial charge is 0.289 e. The fourth-order valence-corrected chi connectivity index (χ4v) is 3.44. The number of hydrogen-bond acceptors (Lipinski definition) is 2. The zero-order chi connectivity index (χ0) is 18.0. The quantitative estimate of drug-likeness (QED) is 0.336. The minimum absolute atomic E-state index is 0.209. The van der Waals surface area contributed by atoms with Crippen molar-refractivity contribution in [2.24, 2.45) is 0 Å². The van der Waals surface area contributed by atoms with Crippen LogP contribution in [0, 0.1) is 3.57 Å². The lowest BCUT2D eigenvalue weighted by Gasteiger charge is -2.11. The van der Waals surface area contributed by atoms with E-state index in [1.165, 1.54) is 0 Å². The predicted octanol–water partition coefficient (Wildman–Crippen LogP) is 6.06. The molecule has 3 aromatic rings. The highest BCUT2D eigenvalue weighted by molar-refractivity contribution is 14.1. The van der Waals surface area contributed by atoms with E-state index in [1.807, 2.05) is 6.07 Å². The van der Waals surface area contributed by atoms with Crippen molar-refractivity contribution in [1.82, 2.24) is 0 Å². The van der Waals surface area contributed by atoms with Gasteiger partial charge in [-0.1, -0.05) is 35.3 Å². The van der Waals surface area contributed by atoms with Crippen LogP contribution < -0.4 is 0 Å². The number of rotatable bonds is 4. The Morgan fingerprint density at radius 1 is 0.680 bits per heavy atom. The first-order chi connectivity index (χ1) is 12.0. The van der Waals surface area contributed by atoms with Gasteiger partial charge in [0.25, 0.3) is 0 Å². The number of halogens is 3. The Morgan fingerprint density at radius 2 is 1.16 bits per heavy atom. The standard InChI is InChI=1S/C20H11Cl2IO2/c21-14-8-4-12(5-9-14)19(24)16-2-1-3-17(23)18(16)20(25)13-6-10-15(22)11-7-13/h1-11H. The van der Waals surface area contributed by atoms with E-state index in [9.17, 15) is 9.59 Å². The lowest BCUT2D eigenvalue weighted by molar-refractivity contribution is 0.100. The third-order valence-electron chi connectivity index (χ3n) is 3.70. The average molecular weight is 481 g/mol. The minimum atomic E-state index is -0.215. The van der Waals surface area contributed by atoms with Crippen molar-refractivity contribution in [2.75, 3.05) is 0 Å². The van der Waals surface area contributed by atoms with Gasteiger partial charge in [-0.3, -0.25) is 9.59 Å². The van der Waals surface area contributed by atoms with Gasteiger partial charge >= 0.3 is 0 Å². The minimum Gasteiger partial charge on any atom is -0.289 e. The second-order valence-electron chi connectivity index (χ2n) is 5.33. The molecule has 0 saturated heterocycles. The average Bonchev–Trinajstić information content (AvgIpc) is 2.61. The Hall–Kier alpha value is -1.69. The Bertz CT molecular complexity index is 948. The summed E-state index contributed by atoms with van der Waals surface area (Å²) in [5, 5.41) is 1.11. The summed E-state index contributed by atoms with van der Waals surface area (Å²) in [7, 11) is 0. The summed E-state index contributed by atoms with van der Waals surface area (Å²) in [5.41, 5.74) is 1.73. The smallest absolute Gasteiger partial charge is 0.194 e. The van der Waals surface area contributed by atoms with Crippen LogP contribution in [0.4, 0.5) is 0 Å². The maximum Gasteiger partial charge on any atom is 0.194 e. The zero-order valence-electron chi connectivity index (χ0n) is 12.8. The Balaban J connectivity index is 2.08. The van der Waals surface area contributed by atoms with E-state index in [0.717, 1.165) is 3.57 Å².